The summed E-state index contributed by atoms with van der Waals surface area (Å²) >= 11 is 0. The number of aromatic nitrogens is 3. The van der Waals surface area contributed by atoms with Gasteiger partial charge < -0.3 is 19.5 Å². The second-order valence-electron chi connectivity index (χ2n) is 5.95. The molecule has 1 aromatic carbocycles. The molecule has 7 heteroatoms. The lowest BCUT2D eigenvalue weighted by Gasteiger charge is -2.33. The van der Waals surface area contributed by atoms with Crippen molar-refractivity contribution in [2.24, 2.45) is 0 Å². The minimum Gasteiger partial charge on any atom is -0.445 e. The monoisotopic (exact) mass is 337 g/mol. The molecule has 25 heavy (non-hydrogen) atoms. The van der Waals surface area contributed by atoms with Gasteiger partial charge in [0.25, 0.3) is 0 Å². The summed E-state index contributed by atoms with van der Waals surface area (Å²) < 4.78 is 5.39. The molecule has 3 aromatic rings. The Morgan fingerprint density at radius 2 is 1.88 bits per heavy atom. The minimum atomic E-state index is -0.269. The van der Waals surface area contributed by atoms with Crippen molar-refractivity contribution in [3.8, 4) is 0 Å². The fourth-order valence-electron chi connectivity index (χ4n) is 2.89. The number of hydrogen-bond donors (Lipinski definition) is 1. The van der Waals surface area contributed by atoms with E-state index in [0.717, 1.165) is 17.0 Å². The van der Waals surface area contributed by atoms with Crippen LogP contribution in [0.5, 0.6) is 0 Å². The quantitative estimate of drug-likeness (QED) is 0.794. The number of nitrogens with zero attached hydrogens (tertiary/aromatic N) is 4. The van der Waals surface area contributed by atoms with Gasteiger partial charge in [0.1, 0.15) is 6.61 Å². The van der Waals surface area contributed by atoms with Gasteiger partial charge in [0.2, 0.25) is 5.95 Å². The van der Waals surface area contributed by atoms with Crippen molar-refractivity contribution in [1.29, 1.82) is 0 Å². The zero-order chi connectivity index (χ0) is 17.1. The van der Waals surface area contributed by atoms with Gasteiger partial charge in [-0.25, -0.2) is 9.78 Å². The standard InChI is InChI=1S/C18H19N5O2/c24-18(25-13-14-5-2-1-3-6-14)23-11-9-22(10-12-23)17-20-15-7-4-8-19-16(15)21-17/h1-8H,9-13H2,(H,19,20,21). The van der Waals surface area contributed by atoms with E-state index in [4.69, 9.17) is 4.74 Å². The normalized spacial score (nSPS) is 14.7. The van der Waals surface area contributed by atoms with E-state index in [0.29, 0.717) is 38.4 Å². The predicted molar refractivity (Wildman–Crippen MR) is 94.3 cm³/mol. The van der Waals surface area contributed by atoms with Crippen LogP contribution in [0.15, 0.2) is 48.7 Å². The van der Waals surface area contributed by atoms with Crippen LogP contribution in [0.4, 0.5) is 10.7 Å². The summed E-state index contributed by atoms with van der Waals surface area (Å²) in [5.74, 6) is 0.797. The molecule has 0 aliphatic carbocycles. The first-order valence-corrected chi connectivity index (χ1v) is 8.31. The maximum atomic E-state index is 12.2. The summed E-state index contributed by atoms with van der Waals surface area (Å²) in [6.45, 7) is 2.94. The first kappa shape index (κ1) is 15.4. The highest BCUT2D eigenvalue weighted by Gasteiger charge is 2.24. The van der Waals surface area contributed by atoms with Gasteiger partial charge in [-0.3, -0.25) is 0 Å². The molecule has 1 aliphatic rings. The number of aromatic amines is 1. The molecule has 3 heterocycles. The van der Waals surface area contributed by atoms with E-state index in [2.05, 4.69) is 19.9 Å². The first-order valence-electron chi connectivity index (χ1n) is 8.31. The van der Waals surface area contributed by atoms with Gasteiger partial charge in [-0.15, -0.1) is 0 Å². The third kappa shape index (κ3) is 3.40. The Bertz CT molecular complexity index is 823. The number of benzene rings is 1. The van der Waals surface area contributed by atoms with E-state index in [1.807, 2.05) is 42.5 Å². The van der Waals surface area contributed by atoms with E-state index < -0.39 is 0 Å². The van der Waals surface area contributed by atoms with E-state index >= 15 is 0 Å². The SMILES string of the molecule is O=C(OCc1ccccc1)N1CCN(c2nc3ncccc3[nH]2)CC1. The van der Waals surface area contributed by atoms with Crippen molar-refractivity contribution in [3.63, 3.8) is 0 Å². The fraction of sp³-hybridized carbons (Fsp3) is 0.278. The maximum absolute atomic E-state index is 12.2. The smallest absolute Gasteiger partial charge is 0.410 e. The number of amides is 1. The number of nitrogens with one attached hydrogen (secondary N) is 1. The molecule has 7 nitrogen and oxygen atoms in total. The number of ether oxygens (including phenoxy) is 1. The van der Waals surface area contributed by atoms with Crippen LogP contribution in [-0.2, 0) is 11.3 Å². The Hall–Kier alpha value is -3.09. The third-order valence-electron chi connectivity index (χ3n) is 4.29. The lowest BCUT2D eigenvalue weighted by molar-refractivity contribution is 0.0941. The first-order chi connectivity index (χ1) is 12.3. The van der Waals surface area contributed by atoms with Gasteiger partial charge in [-0.05, 0) is 17.7 Å². The molecular weight excluding hydrogens is 318 g/mol. The van der Waals surface area contributed by atoms with Crippen LogP contribution in [0.2, 0.25) is 0 Å². The molecule has 128 valence electrons. The molecule has 0 saturated carbocycles. The van der Waals surface area contributed by atoms with Crippen molar-refractivity contribution in [3.05, 3.63) is 54.2 Å². The number of carbonyl (C=O) groups excluding carboxylic acids is 1. The number of hydrogen-bond acceptors (Lipinski definition) is 5. The largest absolute Gasteiger partial charge is 0.445 e. The predicted octanol–water partition coefficient (Wildman–Crippen LogP) is 2.42. The molecule has 1 aliphatic heterocycles. The van der Waals surface area contributed by atoms with Crippen molar-refractivity contribution < 1.29 is 9.53 Å². The molecule has 1 amide bonds. The molecule has 2 aromatic heterocycles. The molecule has 1 saturated heterocycles. The van der Waals surface area contributed by atoms with Gasteiger partial charge >= 0.3 is 6.09 Å². The fourth-order valence-corrected chi connectivity index (χ4v) is 2.89. The van der Waals surface area contributed by atoms with Crippen LogP contribution in [0.1, 0.15) is 5.56 Å². The average Bonchev–Trinajstić information content (AvgIpc) is 3.11. The Morgan fingerprint density at radius 3 is 2.64 bits per heavy atom. The van der Waals surface area contributed by atoms with Crippen LogP contribution in [0.25, 0.3) is 11.2 Å². The number of rotatable bonds is 3. The second-order valence-corrected chi connectivity index (χ2v) is 5.95. The van der Waals surface area contributed by atoms with Crippen molar-refractivity contribution >= 4 is 23.2 Å². The zero-order valence-corrected chi connectivity index (χ0v) is 13.8. The van der Waals surface area contributed by atoms with Gasteiger partial charge in [-0.1, -0.05) is 30.3 Å². The molecule has 0 spiro atoms. The Morgan fingerprint density at radius 1 is 1.08 bits per heavy atom. The lowest BCUT2D eigenvalue weighted by atomic mass is 10.2. The highest BCUT2D eigenvalue weighted by Crippen LogP contribution is 2.17. The number of carbonyl (C=O) groups is 1. The summed E-state index contributed by atoms with van der Waals surface area (Å²) in [6.07, 6.45) is 1.46. The van der Waals surface area contributed by atoms with Gasteiger partial charge in [0, 0.05) is 32.4 Å². The van der Waals surface area contributed by atoms with Crippen molar-refractivity contribution in [2.75, 3.05) is 31.1 Å². The van der Waals surface area contributed by atoms with E-state index in [1.165, 1.54) is 0 Å². The van der Waals surface area contributed by atoms with E-state index in [9.17, 15) is 4.79 Å². The summed E-state index contributed by atoms with van der Waals surface area (Å²) in [6, 6.07) is 13.5. The van der Waals surface area contributed by atoms with Crippen LogP contribution in [0, 0.1) is 0 Å². The number of piperazine rings is 1. The zero-order valence-electron chi connectivity index (χ0n) is 13.8. The van der Waals surface area contributed by atoms with Crippen LogP contribution < -0.4 is 4.90 Å². The van der Waals surface area contributed by atoms with Crippen molar-refractivity contribution in [1.82, 2.24) is 19.9 Å². The molecule has 4 rings (SSSR count). The highest BCUT2D eigenvalue weighted by atomic mass is 16.6. The molecular formula is C18H19N5O2. The minimum absolute atomic E-state index is 0.269. The van der Waals surface area contributed by atoms with E-state index in [-0.39, 0.29) is 6.09 Å². The summed E-state index contributed by atoms with van der Waals surface area (Å²) in [7, 11) is 0. The number of imidazole rings is 1. The molecule has 0 atom stereocenters. The number of fused-ring (bicyclic) bond motifs is 1. The molecule has 0 bridgehead atoms. The number of H-pyrrole nitrogens is 1. The van der Waals surface area contributed by atoms with E-state index in [1.54, 1.807) is 11.1 Å². The summed E-state index contributed by atoms with van der Waals surface area (Å²) in [4.78, 5) is 28.1. The Kier molecular flexibility index (Phi) is 4.20. The maximum Gasteiger partial charge on any atom is 0.410 e. The topological polar surface area (TPSA) is 74.3 Å². The van der Waals surface area contributed by atoms with Crippen LogP contribution in [-0.4, -0.2) is 52.1 Å². The molecule has 0 unspecified atom stereocenters. The second kappa shape index (κ2) is 6.80. The average molecular weight is 337 g/mol. The van der Waals surface area contributed by atoms with Crippen LogP contribution >= 0.6 is 0 Å². The Balaban J connectivity index is 1.32. The molecule has 0 radical (unpaired) electrons. The van der Waals surface area contributed by atoms with Crippen molar-refractivity contribution in [2.45, 2.75) is 6.61 Å². The number of pyridine rings is 1. The van der Waals surface area contributed by atoms with Gasteiger partial charge in [0.15, 0.2) is 5.65 Å². The van der Waals surface area contributed by atoms with Crippen LogP contribution in [0.3, 0.4) is 0 Å². The summed E-state index contributed by atoms with van der Waals surface area (Å²) in [5.41, 5.74) is 2.62. The van der Waals surface area contributed by atoms with Gasteiger partial charge in [-0.2, -0.15) is 4.98 Å². The van der Waals surface area contributed by atoms with Gasteiger partial charge in [0.05, 0.1) is 5.52 Å². The highest BCUT2D eigenvalue weighted by molar-refractivity contribution is 5.73. The molecule has 1 fully saturated rings. The lowest BCUT2D eigenvalue weighted by Crippen LogP contribution is -2.49. The summed E-state index contributed by atoms with van der Waals surface area (Å²) in [5, 5.41) is 0. The molecule has 1 N–H and O–H groups in total. The Labute approximate surface area is 145 Å². The number of anilines is 1. The third-order valence-corrected chi connectivity index (χ3v) is 4.29.